The van der Waals surface area contributed by atoms with E-state index in [1.165, 1.54) is 0 Å². The lowest BCUT2D eigenvalue weighted by atomic mass is 10.1. The zero-order chi connectivity index (χ0) is 12.5. The summed E-state index contributed by atoms with van der Waals surface area (Å²) in [4.78, 5) is 11.7. The molecule has 0 fully saturated rings. The van der Waals surface area contributed by atoms with E-state index in [2.05, 4.69) is 5.32 Å². The molecular weight excluding hydrogens is 246 g/mol. The van der Waals surface area contributed by atoms with E-state index >= 15 is 0 Å². The normalized spacial score (nSPS) is 15.6. The van der Waals surface area contributed by atoms with Gasteiger partial charge in [-0.1, -0.05) is 41.9 Å². The number of carbonyl (C=O) groups excluding carboxylic acids is 1. The van der Waals surface area contributed by atoms with Gasteiger partial charge >= 0.3 is 0 Å². The van der Waals surface area contributed by atoms with E-state index in [1.54, 1.807) is 0 Å². The lowest BCUT2D eigenvalue weighted by Crippen LogP contribution is -2.11. The van der Waals surface area contributed by atoms with Gasteiger partial charge in [0.05, 0.1) is 0 Å². The Labute approximate surface area is 110 Å². The summed E-state index contributed by atoms with van der Waals surface area (Å²) in [6, 6.07) is 15.1. The van der Waals surface area contributed by atoms with E-state index in [9.17, 15) is 4.79 Å². The number of rotatable bonds is 1. The molecule has 0 spiro atoms. The summed E-state index contributed by atoms with van der Waals surface area (Å²) in [7, 11) is 0. The van der Waals surface area contributed by atoms with Gasteiger partial charge in [-0.15, -0.1) is 0 Å². The molecule has 0 saturated heterocycles. The van der Waals surface area contributed by atoms with Crippen molar-refractivity contribution in [3.8, 4) is 0 Å². The van der Waals surface area contributed by atoms with Gasteiger partial charge in [-0.05, 0) is 29.8 Å². The van der Waals surface area contributed by atoms with Crippen molar-refractivity contribution in [3.63, 3.8) is 0 Å². The van der Waals surface area contributed by atoms with Gasteiger partial charge in [0.2, 0.25) is 0 Å². The number of hydrogen-bond acceptors (Lipinski definition) is 1. The maximum absolute atomic E-state index is 11.7. The van der Waals surface area contributed by atoms with Crippen molar-refractivity contribution in [1.29, 1.82) is 0 Å². The third-order valence-electron chi connectivity index (χ3n) is 2.89. The first-order chi connectivity index (χ1) is 8.74. The van der Waals surface area contributed by atoms with Crippen LogP contribution in [0.15, 0.2) is 48.5 Å². The lowest BCUT2D eigenvalue weighted by Gasteiger charge is -2.00. The molecule has 2 aromatic carbocycles. The third-order valence-corrected chi connectivity index (χ3v) is 3.14. The van der Waals surface area contributed by atoms with E-state index in [4.69, 9.17) is 11.6 Å². The molecule has 1 amide bonds. The molecule has 2 nitrogen and oxygen atoms in total. The first kappa shape index (κ1) is 11.1. The van der Waals surface area contributed by atoms with Crippen LogP contribution in [0.3, 0.4) is 0 Å². The summed E-state index contributed by atoms with van der Waals surface area (Å²) in [6.45, 7) is 0. The number of fused-ring (bicyclic) bond motifs is 1. The molecule has 0 radical (unpaired) electrons. The number of benzene rings is 2. The highest BCUT2D eigenvalue weighted by atomic mass is 35.5. The van der Waals surface area contributed by atoms with Crippen LogP contribution in [0.2, 0.25) is 5.02 Å². The minimum absolute atomic E-state index is 0.0502. The maximum Gasteiger partial charge on any atom is 0.256 e. The predicted octanol–water partition coefficient (Wildman–Crippen LogP) is 3.58. The van der Waals surface area contributed by atoms with Gasteiger partial charge in [-0.25, -0.2) is 0 Å². The summed E-state index contributed by atoms with van der Waals surface area (Å²) in [5.74, 6) is -0.0502. The van der Waals surface area contributed by atoms with E-state index in [0.29, 0.717) is 5.02 Å². The summed E-state index contributed by atoms with van der Waals surface area (Å²) in [5.41, 5.74) is 3.50. The summed E-state index contributed by atoms with van der Waals surface area (Å²) < 4.78 is 0. The van der Waals surface area contributed by atoms with Crippen LogP contribution in [0.4, 0.5) is 0 Å². The lowest BCUT2D eigenvalue weighted by molar-refractivity contribution is 0.0981. The minimum Gasteiger partial charge on any atom is -0.321 e. The van der Waals surface area contributed by atoms with Gasteiger partial charge < -0.3 is 5.32 Å². The Morgan fingerprint density at radius 1 is 0.944 bits per heavy atom. The Balaban J connectivity index is 2.04. The van der Waals surface area contributed by atoms with Crippen molar-refractivity contribution in [2.45, 2.75) is 0 Å². The number of amides is 1. The van der Waals surface area contributed by atoms with E-state index in [0.717, 1.165) is 22.4 Å². The van der Waals surface area contributed by atoms with Gasteiger partial charge in [-0.2, -0.15) is 0 Å². The first-order valence-corrected chi connectivity index (χ1v) is 6.00. The number of nitrogens with one attached hydrogen (secondary N) is 1. The average Bonchev–Trinajstić information content (AvgIpc) is 2.70. The molecule has 2 aromatic rings. The molecule has 1 heterocycles. The molecule has 1 aliphatic rings. The molecule has 0 aliphatic carbocycles. The van der Waals surface area contributed by atoms with Gasteiger partial charge in [0.1, 0.15) is 0 Å². The van der Waals surface area contributed by atoms with Crippen molar-refractivity contribution in [2.75, 3.05) is 0 Å². The van der Waals surface area contributed by atoms with Crippen LogP contribution in [0.1, 0.15) is 21.5 Å². The highest BCUT2D eigenvalue weighted by Gasteiger charge is 2.22. The van der Waals surface area contributed by atoms with Crippen molar-refractivity contribution in [2.24, 2.45) is 0 Å². The van der Waals surface area contributed by atoms with Crippen LogP contribution in [0.25, 0.3) is 11.8 Å². The highest BCUT2D eigenvalue weighted by molar-refractivity contribution is 6.30. The molecule has 0 bridgehead atoms. The molecular formula is C15H10ClNO. The molecule has 3 heteroatoms. The standard InChI is InChI=1S/C15H10ClNO/c16-11-7-5-10(6-8-11)9-14-12-3-1-2-4-13(12)15(18)17-14/h1-9H,(H,17,18)/b14-9+. The van der Waals surface area contributed by atoms with Crippen molar-refractivity contribution >= 4 is 29.3 Å². The van der Waals surface area contributed by atoms with E-state index < -0.39 is 0 Å². The average molecular weight is 256 g/mol. The van der Waals surface area contributed by atoms with Crippen molar-refractivity contribution in [1.82, 2.24) is 5.32 Å². The van der Waals surface area contributed by atoms with E-state index in [-0.39, 0.29) is 5.91 Å². The number of carbonyl (C=O) groups is 1. The Morgan fingerprint density at radius 3 is 2.33 bits per heavy atom. The van der Waals surface area contributed by atoms with Crippen LogP contribution >= 0.6 is 11.6 Å². The molecule has 18 heavy (non-hydrogen) atoms. The zero-order valence-corrected chi connectivity index (χ0v) is 10.2. The second-order valence-corrected chi connectivity index (χ2v) is 4.55. The van der Waals surface area contributed by atoms with Gasteiger partial charge in [0, 0.05) is 21.8 Å². The Kier molecular flexibility index (Phi) is 2.65. The first-order valence-electron chi connectivity index (χ1n) is 5.62. The van der Waals surface area contributed by atoms with Gasteiger partial charge in [-0.3, -0.25) is 4.79 Å². The SMILES string of the molecule is O=C1N/C(=C/c2ccc(Cl)cc2)c2ccccc21. The smallest absolute Gasteiger partial charge is 0.256 e. The van der Waals surface area contributed by atoms with Crippen molar-refractivity contribution in [3.05, 3.63) is 70.2 Å². The molecule has 0 unspecified atom stereocenters. The quantitative estimate of drug-likeness (QED) is 0.829. The molecule has 1 aliphatic heterocycles. The summed E-state index contributed by atoms with van der Waals surface area (Å²) in [6.07, 6.45) is 1.94. The molecule has 0 atom stereocenters. The van der Waals surface area contributed by atoms with Crippen LogP contribution < -0.4 is 5.32 Å². The van der Waals surface area contributed by atoms with Crippen LogP contribution in [-0.2, 0) is 0 Å². The third kappa shape index (κ3) is 1.91. The molecule has 0 saturated carbocycles. The Morgan fingerprint density at radius 2 is 1.61 bits per heavy atom. The van der Waals surface area contributed by atoms with Gasteiger partial charge in [0.15, 0.2) is 0 Å². The van der Waals surface area contributed by atoms with E-state index in [1.807, 2.05) is 54.6 Å². The fourth-order valence-electron chi connectivity index (χ4n) is 2.01. The largest absolute Gasteiger partial charge is 0.321 e. The highest BCUT2D eigenvalue weighted by Crippen LogP contribution is 2.26. The molecule has 88 valence electrons. The fraction of sp³-hybridized carbons (Fsp3) is 0. The fourth-order valence-corrected chi connectivity index (χ4v) is 2.14. The number of halogens is 1. The maximum atomic E-state index is 11.7. The topological polar surface area (TPSA) is 29.1 Å². The predicted molar refractivity (Wildman–Crippen MR) is 73.2 cm³/mol. The van der Waals surface area contributed by atoms with Crippen LogP contribution in [-0.4, -0.2) is 5.91 Å². The monoisotopic (exact) mass is 255 g/mol. The number of hydrogen-bond donors (Lipinski definition) is 1. The van der Waals surface area contributed by atoms with Gasteiger partial charge in [0.25, 0.3) is 5.91 Å². The van der Waals surface area contributed by atoms with Crippen LogP contribution in [0, 0.1) is 0 Å². The second-order valence-electron chi connectivity index (χ2n) is 4.11. The molecule has 1 N–H and O–H groups in total. The van der Waals surface area contributed by atoms with Crippen LogP contribution in [0.5, 0.6) is 0 Å². The van der Waals surface area contributed by atoms with Crippen molar-refractivity contribution < 1.29 is 4.79 Å². The second kappa shape index (κ2) is 4.31. The Hall–Kier alpha value is -2.06. The Bertz CT molecular complexity index is 644. The summed E-state index contributed by atoms with van der Waals surface area (Å²) in [5, 5.41) is 3.57. The minimum atomic E-state index is -0.0502. The molecule has 0 aromatic heterocycles. The summed E-state index contributed by atoms with van der Waals surface area (Å²) >= 11 is 5.84. The molecule has 3 rings (SSSR count). The zero-order valence-electron chi connectivity index (χ0n) is 9.48.